The van der Waals surface area contributed by atoms with E-state index < -0.39 is 5.41 Å². The summed E-state index contributed by atoms with van der Waals surface area (Å²) in [7, 11) is 0. The molecule has 0 atom stereocenters. The van der Waals surface area contributed by atoms with E-state index in [0.717, 1.165) is 16.8 Å². The summed E-state index contributed by atoms with van der Waals surface area (Å²) >= 11 is 0. The molecule has 0 bridgehead atoms. The van der Waals surface area contributed by atoms with Crippen LogP contribution in [0.15, 0.2) is 60.7 Å². The Labute approximate surface area is 156 Å². The van der Waals surface area contributed by atoms with Gasteiger partial charge in [0.05, 0.1) is 11.1 Å². The van der Waals surface area contributed by atoms with Crippen molar-refractivity contribution in [2.24, 2.45) is 5.41 Å². The number of hydrogen-bond acceptors (Lipinski definition) is 2. The van der Waals surface area contributed by atoms with Crippen molar-refractivity contribution >= 4 is 11.6 Å². The fourth-order valence-electron chi connectivity index (χ4n) is 3.02. The molecule has 0 fully saturated rings. The first kappa shape index (κ1) is 18.4. The third-order valence-corrected chi connectivity index (χ3v) is 4.70. The van der Waals surface area contributed by atoms with E-state index in [0.29, 0.717) is 6.61 Å². The quantitative estimate of drug-likeness (QED) is 0.747. The van der Waals surface area contributed by atoms with Crippen LogP contribution in [0.5, 0.6) is 0 Å². The largest absolute Gasteiger partial charge is 0.271 e. The van der Waals surface area contributed by atoms with Crippen LogP contribution >= 0.6 is 0 Å². The van der Waals surface area contributed by atoms with E-state index in [1.165, 1.54) is 10.6 Å². The zero-order valence-corrected chi connectivity index (χ0v) is 16.2. The van der Waals surface area contributed by atoms with Gasteiger partial charge in [-0.2, -0.15) is 5.06 Å². The predicted molar refractivity (Wildman–Crippen MR) is 105 cm³/mol. The van der Waals surface area contributed by atoms with E-state index in [2.05, 4.69) is 45.0 Å². The Hall–Kier alpha value is -2.39. The van der Waals surface area contributed by atoms with Crippen molar-refractivity contribution in [3.8, 4) is 0 Å². The number of hydrogen-bond donors (Lipinski definition) is 0. The summed E-state index contributed by atoms with van der Waals surface area (Å²) < 4.78 is 0. The van der Waals surface area contributed by atoms with E-state index in [4.69, 9.17) is 4.84 Å². The van der Waals surface area contributed by atoms with E-state index in [1.54, 1.807) is 0 Å². The highest BCUT2D eigenvalue weighted by Gasteiger charge is 2.40. The summed E-state index contributed by atoms with van der Waals surface area (Å²) in [5.41, 5.74) is 3.63. The first-order valence-corrected chi connectivity index (χ1v) is 9.04. The van der Waals surface area contributed by atoms with Crippen LogP contribution in [0.4, 0.5) is 0 Å². The van der Waals surface area contributed by atoms with Gasteiger partial charge in [-0.05, 0) is 36.5 Å². The van der Waals surface area contributed by atoms with E-state index in [-0.39, 0.29) is 11.3 Å². The monoisotopic (exact) mass is 349 g/mol. The molecule has 1 aliphatic heterocycles. The Balaban J connectivity index is 1.86. The maximum Gasteiger partial charge on any atom is 0.260 e. The van der Waals surface area contributed by atoms with Gasteiger partial charge in [-0.25, -0.2) is 0 Å². The Kier molecular flexibility index (Phi) is 4.76. The molecule has 3 heteroatoms. The zero-order valence-electron chi connectivity index (χ0n) is 16.2. The molecule has 0 radical (unpaired) electrons. The van der Waals surface area contributed by atoms with Gasteiger partial charge in [-0.15, -0.1) is 0 Å². The minimum Gasteiger partial charge on any atom is -0.271 e. The number of carbonyl (C=O) groups is 1. The van der Waals surface area contributed by atoms with Crippen molar-refractivity contribution < 1.29 is 9.63 Å². The van der Waals surface area contributed by atoms with Crippen molar-refractivity contribution in [1.29, 1.82) is 0 Å². The minimum absolute atomic E-state index is 0.0386. The highest BCUT2D eigenvalue weighted by molar-refractivity contribution is 5.97. The van der Waals surface area contributed by atoms with Crippen molar-refractivity contribution in [1.82, 2.24) is 5.06 Å². The molecule has 1 aliphatic rings. The lowest BCUT2D eigenvalue weighted by Crippen LogP contribution is -2.32. The molecule has 2 aromatic carbocycles. The van der Waals surface area contributed by atoms with E-state index >= 15 is 0 Å². The van der Waals surface area contributed by atoms with Crippen molar-refractivity contribution in [3.63, 3.8) is 0 Å². The van der Waals surface area contributed by atoms with E-state index in [9.17, 15) is 4.79 Å². The average Bonchev–Trinajstić information content (AvgIpc) is 2.83. The van der Waals surface area contributed by atoms with Crippen LogP contribution in [-0.2, 0) is 21.7 Å². The second-order valence-electron chi connectivity index (χ2n) is 8.44. The Morgan fingerprint density at radius 1 is 0.962 bits per heavy atom. The summed E-state index contributed by atoms with van der Waals surface area (Å²) in [4.78, 5) is 18.7. The van der Waals surface area contributed by atoms with Crippen LogP contribution in [0.2, 0.25) is 0 Å². The molecule has 0 saturated carbocycles. The summed E-state index contributed by atoms with van der Waals surface area (Å²) in [6.07, 6.45) is 1.99. The molecule has 2 aromatic rings. The van der Waals surface area contributed by atoms with Crippen LogP contribution in [0.1, 0.15) is 51.3 Å². The minimum atomic E-state index is -0.575. The van der Waals surface area contributed by atoms with Gasteiger partial charge in [-0.3, -0.25) is 9.63 Å². The second-order valence-corrected chi connectivity index (χ2v) is 8.44. The first-order valence-electron chi connectivity index (χ1n) is 9.04. The topological polar surface area (TPSA) is 29.5 Å². The van der Waals surface area contributed by atoms with Gasteiger partial charge in [0.2, 0.25) is 0 Å². The second kappa shape index (κ2) is 6.73. The maximum atomic E-state index is 12.8. The standard InChI is InChI=1S/C23H27NO2/c1-22(2,3)19-13-11-18(12-14-19)20-15-23(4,5)21(25)24(20)26-16-17-9-7-6-8-10-17/h6-15H,16H2,1-5H3. The van der Waals surface area contributed by atoms with Gasteiger partial charge in [0.15, 0.2) is 0 Å². The van der Waals surface area contributed by atoms with Gasteiger partial charge < -0.3 is 0 Å². The van der Waals surface area contributed by atoms with Crippen LogP contribution in [0.3, 0.4) is 0 Å². The van der Waals surface area contributed by atoms with Crippen LogP contribution < -0.4 is 0 Å². The fraction of sp³-hybridized carbons (Fsp3) is 0.348. The molecule has 0 unspecified atom stereocenters. The van der Waals surface area contributed by atoms with Gasteiger partial charge >= 0.3 is 0 Å². The number of nitrogens with zero attached hydrogens (tertiary/aromatic N) is 1. The lowest BCUT2D eigenvalue weighted by molar-refractivity contribution is -0.173. The number of hydroxylamine groups is 2. The number of benzene rings is 2. The molecule has 3 rings (SSSR count). The maximum absolute atomic E-state index is 12.8. The summed E-state index contributed by atoms with van der Waals surface area (Å²) in [5, 5.41) is 1.46. The Morgan fingerprint density at radius 3 is 2.15 bits per heavy atom. The van der Waals surface area contributed by atoms with Crippen LogP contribution in [0.25, 0.3) is 5.70 Å². The molecule has 1 amide bonds. The van der Waals surface area contributed by atoms with Crippen LogP contribution in [-0.4, -0.2) is 11.0 Å². The molecular formula is C23H27NO2. The molecule has 3 nitrogen and oxygen atoms in total. The Morgan fingerprint density at radius 2 is 1.58 bits per heavy atom. The summed E-state index contributed by atoms with van der Waals surface area (Å²) in [5.74, 6) is -0.0386. The molecular weight excluding hydrogens is 322 g/mol. The first-order chi connectivity index (χ1) is 12.2. The van der Waals surface area contributed by atoms with Gasteiger partial charge in [0, 0.05) is 5.56 Å². The van der Waals surface area contributed by atoms with Gasteiger partial charge in [-0.1, -0.05) is 75.4 Å². The van der Waals surface area contributed by atoms with Crippen LogP contribution in [0, 0.1) is 5.41 Å². The van der Waals surface area contributed by atoms with Gasteiger partial charge in [0.1, 0.15) is 6.61 Å². The lowest BCUT2D eigenvalue weighted by atomic mass is 9.86. The van der Waals surface area contributed by atoms with Gasteiger partial charge in [0.25, 0.3) is 5.91 Å². The van der Waals surface area contributed by atoms with Crippen molar-refractivity contribution in [2.75, 3.05) is 0 Å². The fourth-order valence-corrected chi connectivity index (χ4v) is 3.02. The summed E-state index contributed by atoms with van der Waals surface area (Å²) in [6.45, 7) is 10.8. The molecule has 0 saturated heterocycles. The summed E-state index contributed by atoms with van der Waals surface area (Å²) in [6, 6.07) is 18.3. The highest BCUT2D eigenvalue weighted by atomic mass is 16.7. The Bertz CT molecular complexity index is 812. The smallest absolute Gasteiger partial charge is 0.260 e. The average molecular weight is 349 g/mol. The predicted octanol–water partition coefficient (Wildman–Crippen LogP) is 5.33. The van der Waals surface area contributed by atoms with Crippen molar-refractivity contribution in [2.45, 2.75) is 46.6 Å². The molecule has 0 N–H and O–H groups in total. The van der Waals surface area contributed by atoms with Crippen molar-refractivity contribution in [3.05, 3.63) is 77.4 Å². The highest BCUT2D eigenvalue weighted by Crippen LogP contribution is 2.38. The molecule has 0 spiro atoms. The SMILES string of the molecule is CC1(C)C=C(c2ccc(C(C)(C)C)cc2)N(OCc2ccccc2)C1=O. The molecule has 136 valence electrons. The molecule has 26 heavy (non-hydrogen) atoms. The molecule has 0 aliphatic carbocycles. The molecule has 1 heterocycles. The van der Waals surface area contributed by atoms with E-state index in [1.807, 2.05) is 50.3 Å². The molecule has 0 aromatic heterocycles. The lowest BCUT2D eigenvalue weighted by Gasteiger charge is -2.23. The third-order valence-electron chi connectivity index (χ3n) is 4.70. The number of rotatable bonds is 4. The number of amides is 1. The third kappa shape index (κ3) is 3.73. The normalized spacial score (nSPS) is 16.7. The number of carbonyl (C=O) groups excluding carboxylic acids is 1. The zero-order chi connectivity index (χ0) is 18.9.